The first-order chi connectivity index (χ1) is 15.1. The Bertz CT molecular complexity index is 1210. The lowest BCUT2D eigenvalue weighted by molar-refractivity contribution is -0.137. The Balaban J connectivity index is 1.51. The highest BCUT2D eigenvalue weighted by molar-refractivity contribution is 7.16. The molecule has 0 bridgehead atoms. The largest absolute Gasteiger partial charge is 0.416 e. The Morgan fingerprint density at radius 1 is 1.06 bits per heavy atom. The second-order valence-electron chi connectivity index (χ2n) is 7.17. The van der Waals surface area contributed by atoms with Crippen molar-refractivity contribution in [1.82, 2.24) is 4.98 Å². The van der Waals surface area contributed by atoms with Gasteiger partial charge in [0, 0.05) is 17.2 Å². The van der Waals surface area contributed by atoms with Crippen LogP contribution in [-0.4, -0.2) is 16.8 Å². The summed E-state index contributed by atoms with van der Waals surface area (Å²) in [5, 5.41) is 6.64. The second-order valence-corrected chi connectivity index (χ2v) is 8.64. The minimum absolute atomic E-state index is 0.0426. The van der Waals surface area contributed by atoms with E-state index in [1.54, 1.807) is 6.20 Å². The Kier molecular flexibility index (Phi) is 5.91. The Hall–Kier alpha value is -2.98. The van der Waals surface area contributed by atoms with E-state index in [1.165, 1.54) is 29.5 Å². The molecule has 166 valence electrons. The fourth-order valence-electron chi connectivity index (χ4n) is 2.91. The zero-order valence-corrected chi connectivity index (χ0v) is 17.7. The normalized spacial score (nSPS) is 13.7. The first-order valence-corrected chi connectivity index (χ1v) is 10.6. The summed E-state index contributed by atoms with van der Waals surface area (Å²) in [4.78, 5) is 29.3. The second kappa shape index (κ2) is 8.51. The van der Waals surface area contributed by atoms with E-state index in [0.29, 0.717) is 29.1 Å². The maximum atomic E-state index is 13.6. The van der Waals surface area contributed by atoms with Gasteiger partial charge in [-0.2, -0.15) is 13.2 Å². The highest BCUT2D eigenvalue weighted by Gasteiger charge is 2.32. The molecule has 2 N–H and O–H groups in total. The van der Waals surface area contributed by atoms with Gasteiger partial charge in [0.2, 0.25) is 0 Å². The summed E-state index contributed by atoms with van der Waals surface area (Å²) in [7, 11) is 0. The summed E-state index contributed by atoms with van der Waals surface area (Å²) in [5.74, 6) is -2.27. The van der Waals surface area contributed by atoms with Crippen LogP contribution in [0, 0.1) is 5.82 Å². The predicted molar refractivity (Wildman–Crippen MR) is 113 cm³/mol. The van der Waals surface area contributed by atoms with Gasteiger partial charge in [-0.05, 0) is 49.2 Å². The maximum Gasteiger partial charge on any atom is 0.416 e. The minimum atomic E-state index is -4.81. The number of carbonyl (C=O) groups is 2. The topological polar surface area (TPSA) is 71.1 Å². The number of carbonyl (C=O) groups excluding carboxylic acids is 2. The van der Waals surface area contributed by atoms with Crippen molar-refractivity contribution in [2.45, 2.75) is 24.9 Å². The van der Waals surface area contributed by atoms with E-state index < -0.39 is 34.9 Å². The van der Waals surface area contributed by atoms with Crippen molar-refractivity contribution < 1.29 is 27.2 Å². The number of hydrogen-bond donors (Lipinski definition) is 2. The predicted octanol–water partition coefficient (Wildman–Crippen LogP) is 6.34. The van der Waals surface area contributed by atoms with Crippen molar-refractivity contribution in [2.75, 3.05) is 10.6 Å². The number of aromatic nitrogens is 1. The molecule has 0 atom stereocenters. The molecule has 0 saturated heterocycles. The highest BCUT2D eigenvalue weighted by Crippen LogP contribution is 2.42. The van der Waals surface area contributed by atoms with Crippen LogP contribution >= 0.6 is 22.9 Å². The molecule has 1 aliphatic rings. The van der Waals surface area contributed by atoms with E-state index in [2.05, 4.69) is 15.6 Å². The third-order valence-electron chi connectivity index (χ3n) is 4.64. The number of nitrogens with zero attached hydrogens (tertiary/aromatic N) is 1. The molecule has 1 aliphatic carbocycles. The molecule has 0 unspecified atom stereocenters. The Labute approximate surface area is 188 Å². The Morgan fingerprint density at radius 2 is 1.81 bits per heavy atom. The van der Waals surface area contributed by atoms with Crippen molar-refractivity contribution in [3.63, 3.8) is 0 Å². The van der Waals surface area contributed by atoms with Gasteiger partial charge in [0.15, 0.2) is 0 Å². The molecule has 1 fully saturated rings. The lowest BCUT2D eigenvalue weighted by Crippen LogP contribution is -2.16. The van der Waals surface area contributed by atoms with E-state index in [-0.39, 0.29) is 16.3 Å². The van der Waals surface area contributed by atoms with Crippen molar-refractivity contribution in [3.8, 4) is 0 Å². The van der Waals surface area contributed by atoms with Crippen LogP contribution in [0.4, 0.5) is 28.3 Å². The van der Waals surface area contributed by atoms with Crippen LogP contribution in [0.1, 0.15) is 50.0 Å². The van der Waals surface area contributed by atoms with Crippen molar-refractivity contribution in [1.29, 1.82) is 0 Å². The summed E-state index contributed by atoms with van der Waals surface area (Å²) in [5.41, 5.74) is -1.66. The number of halogens is 5. The first kappa shape index (κ1) is 22.2. The molecule has 2 aromatic carbocycles. The number of anilines is 2. The van der Waals surface area contributed by atoms with Gasteiger partial charge in [0.1, 0.15) is 10.8 Å². The zero-order valence-electron chi connectivity index (χ0n) is 16.1. The molecule has 0 spiro atoms. The van der Waals surface area contributed by atoms with E-state index >= 15 is 0 Å². The molecule has 4 rings (SSSR count). The van der Waals surface area contributed by atoms with Crippen LogP contribution in [0.5, 0.6) is 0 Å². The number of amides is 2. The van der Waals surface area contributed by atoms with Crippen LogP contribution in [0.15, 0.2) is 42.6 Å². The molecule has 11 heteroatoms. The van der Waals surface area contributed by atoms with Gasteiger partial charge in [-0.15, -0.1) is 11.3 Å². The zero-order chi connectivity index (χ0) is 23.0. The van der Waals surface area contributed by atoms with Crippen LogP contribution in [0.3, 0.4) is 0 Å². The molecular weight excluding hydrogens is 470 g/mol. The summed E-state index contributed by atoms with van der Waals surface area (Å²) in [6, 6.07) is 5.55. The number of nitrogens with one attached hydrogen (secondary N) is 2. The van der Waals surface area contributed by atoms with E-state index in [9.17, 15) is 27.2 Å². The molecule has 5 nitrogen and oxygen atoms in total. The van der Waals surface area contributed by atoms with Crippen LogP contribution < -0.4 is 10.6 Å². The lowest BCUT2D eigenvalue weighted by Gasteiger charge is -2.11. The van der Waals surface area contributed by atoms with Crippen molar-refractivity contribution in [2.24, 2.45) is 0 Å². The SMILES string of the molecule is O=C(Nc1ccc(Cl)c(C(=O)Nc2cnc(C3CC3)s2)c1)c1cc(F)cc(C(F)(F)F)c1. The average Bonchev–Trinajstić information content (AvgIpc) is 3.47. The molecule has 32 heavy (non-hydrogen) atoms. The lowest BCUT2D eigenvalue weighted by atomic mass is 10.1. The van der Waals surface area contributed by atoms with Crippen molar-refractivity contribution >= 4 is 45.4 Å². The summed E-state index contributed by atoms with van der Waals surface area (Å²) in [6.07, 6.45) is -1.11. The third kappa shape index (κ3) is 5.08. The third-order valence-corrected chi connectivity index (χ3v) is 6.05. The van der Waals surface area contributed by atoms with Gasteiger partial charge in [-0.1, -0.05) is 11.6 Å². The van der Waals surface area contributed by atoms with Gasteiger partial charge < -0.3 is 10.6 Å². The maximum absolute atomic E-state index is 13.6. The molecule has 0 radical (unpaired) electrons. The molecule has 3 aromatic rings. The number of hydrogen-bond acceptors (Lipinski definition) is 4. The van der Waals surface area contributed by atoms with Gasteiger partial charge in [0.25, 0.3) is 11.8 Å². The monoisotopic (exact) mass is 483 g/mol. The molecule has 1 saturated carbocycles. The van der Waals surface area contributed by atoms with Crippen LogP contribution in [0.2, 0.25) is 5.02 Å². The highest BCUT2D eigenvalue weighted by atomic mass is 35.5. The quantitative estimate of drug-likeness (QED) is 0.416. The van der Waals surface area contributed by atoms with Crippen LogP contribution in [-0.2, 0) is 6.18 Å². The van der Waals surface area contributed by atoms with Crippen LogP contribution in [0.25, 0.3) is 0 Å². The summed E-state index contributed by atoms with van der Waals surface area (Å²) < 4.78 is 52.3. The molecule has 1 aromatic heterocycles. The molecular formula is C21H14ClF4N3O2S. The van der Waals surface area contributed by atoms with Gasteiger partial charge in [-0.25, -0.2) is 9.37 Å². The smallest absolute Gasteiger partial charge is 0.322 e. The number of benzene rings is 2. The van der Waals surface area contributed by atoms with E-state index in [1.807, 2.05) is 0 Å². The molecule has 0 aliphatic heterocycles. The first-order valence-electron chi connectivity index (χ1n) is 9.36. The number of alkyl halides is 3. The van der Waals surface area contributed by atoms with Crippen molar-refractivity contribution in [3.05, 3.63) is 75.1 Å². The number of thiazole rings is 1. The Morgan fingerprint density at radius 3 is 2.50 bits per heavy atom. The average molecular weight is 484 g/mol. The van der Waals surface area contributed by atoms with Gasteiger partial charge in [-0.3, -0.25) is 9.59 Å². The fraction of sp³-hybridized carbons (Fsp3) is 0.190. The molecule has 2 amide bonds. The standard InChI is InChI=1S/C21H14ClF4N3O2S/c22-16-4-3-14(28-18(30)11-5-12(21(24,25)26)7-13(23)6-11)8-15(16)19(31)29-17-9-27-20(32-17)10-1-2-10/h3-10H,1-2H2,(H,28,30)(H,29,31). The van der Waals surface area contributed by atoms with E-state index in [0.717, 1.165) is 17.8 Å². The summed E-state index contributed by atoms with van der Waals surface area (Å²) >= 11 is 7.47. The fourth-order valence-corrected chi connectivity index (χ4v) is 4.09. The van der Waals surface area contributed by atoms with Gasteiger partial charge in [0.05, 0.1) is 27.4 Å². The summed E-state index contributed by atoms with van der Waals surface area (Å²) in [6.45, 7) is 0. The van der Waals surface area contributed by atoms with Gasteiger partial charge >= 0.3 is 6.18 Å². The number of rotatable bonds is 5. The van der Waals surface area contributed by atoms with E-state index in [4.69, 9.17) is 11.6 Å². The minimum Gasteiger partial charge on any atom is -0.322 e. The molecule has 1 heterocycles.